The molecule has 0 fully saturated rings. The Morgan fingerprint density at radius 3 is 2.60 bits per heavy atom. The van der Waals surface area contributed by atoms with Gasteiger partial charge in [0.05, 0.1) is 5.52 Å². The Labute approximate surface area is 175 Å². The van der Waals surface area contributed by atoms with Crippen LogP contribution in [0.4, 0.5) is 0 Å². The molecule has 0 radical (unpaired) electrons. The van der Waals surface area contributed by atoms with Gasteiger partial charge in [-0.25, -0.2) is 0 Å². The van der Waals surface area contributed by atoms with Gasteiger partial charge >= 0.3 is 0 Å². The summed E-state index contributed by atoms with van der Waals surface area (Å²) in [5.41, 5.74) is 3.23. The number of carbonyl (C=O) groups is 2. The molecule has 0 saturated heterocycles. The van der Waals surface area contributed by atoms with Crippen LogP contribution in [-0.2, 0) is 29.1 Å². The minimum atomic E-state index is -0.136. The summed E-state index contributed by atoms with van der Waals surface area (Å²) >= 11 is 0. The number of carbonyl (C=O) groups excluding carboxylic acids is 2. The maximum atomic E-state index is 12.5. The van der Waals surface area contributed by atoms with Crippen molar-refractivity contribution >= 4 is 22.7 Å². The van der Waals surface area contributed by atoms with Gasteiger partial charge in [0.25, 0.3) is 0 Å². The van der Waals surface area contributed by atoms with Crippen molar-refractivity contribution in [3.05, 3.63) is 82.1 Å². The lowest BCUT2D eigenvalue weighted by Gasteiger charge is -2.29. The Morgan fingerprint density at radius 1 is 0.967 bits per heavy atom. The lowest BCUT2D eigenvalue weighted by Crippen LogP contribution is -2.36. The van der Waals surface area contributed by atoms with Crippen LogP contribution in [0.1, 0.15) is 24.0 Å². The molecule has 6 nitrogen and oxygen atoms in total. The normalized spacial score (nSPS) is 13.1. The van der Waals surface area contributed by atoms with Crippen molar-refractivity contribution in [2.75, 3.05) is 13.1 Å². The van der Waals surface area contributed by atoms with Gasteiger partial charge in [0, 0.05) is 43.7 Å². The Kier molecular flexibility index (Phi) is 5.93. The molecule has 2 amide bonds. The van der Waals surface area contributed by atoms with E-state index < -0.39 is 0 Å². The van der Waals surface area contributed by atoms with Crippen LogP contribution in [0.15, 0.2) is 65.6 Å². The summed E-state index contributed by atoms with van der Waals surface area (Å²) in [6.07, 6.45) is 3.56. The van der Waals surface area contributed by atoms with Crippen molar-refractivity contribution in [1.29, 1.82) is 0 Å². The first kappa shape index (κ1) is 19.9. The fourth-order valence-electron chi connectivity index (χ4n) is 3.94. The lowest BCUT2D eigenvalue weighted by atomic mass is 9.99. The molecule has 0 unspecified atom stereocenters. The smallest absolute Gasteiger partial charge is 0.239 e. The largest absolute Gasteiger partial charge is 0.355 e. The fraction of sp³-hybridized carbons (Fsp3) is 0.292. The second-order valence-electron chi connectivity index (χ2n) is 7.61. The number of aromatic nitrogens is 1. The maximum absolute atomic E-state index is 12.5. The summed E-state index contributed by atoms with van der Waals surface area (Å²) < 4.78 is 1.77. The van der Waals surface area contributed by atoms with Gasteiger partial charge < -0.3 is 14.8 Å². The molecule has 0 spiro atoms. The number of hydrogen-bond acceptors (Lipinski definition) is 3. The van der Waals surface area contributed by atoms with E-state index in [1.165, 1.54) is 17.2 Å². The van der Waals surface area contributed by atoms with Gasteiger partial charge in [0.1, 0.15) is 6.54 Å². The number of nitrogens with one attached hydrogen (secondary N) is 1. The fourth-order valence-corrected chi connectivity index (χ4v) is 3.94. The summed E-state index contributed by atoms with van der Waals surface area (Å²) in [6, 6.07) is 17.0. The van der Waals surface area contributed by atoms with Crippen molar-refractivity contribution in [3.63, 3.8) is 0 Å². The number of para-hydroxylation sites is 1. The molecule has 0 bridgehead atoms. The van der Waals surface area contributed by atoms with E-state index in [-0.39, 0.29) is 23.8 Å². The highest BCUT2D eigenvalue weighted by atomic mass is 16.2. The van der Waals surface area contributed by atoms with Crippen LogP contribution in [0, 0.1) is 0 Å². The van der Waals surface area contributed by atoms with E-state index in [0.29, 0.717) is 31.3 Å². The molecule has 3 aromatic rings. The van der Waals surface area contributed by atoms with Crippen LogP contribution in [0.5, 0.6) is 0 Å². The van der Waals surface area contributed by atoms with Crippen molar-refractivity contribution in [3.8, 4) is 0 Å². The van der Waals surface area contributed by atoms with E-state index in [9.17, 15) is 14.4 Å². The van der Waals surface area contributed by atoms with Gasteiger partial charge in [-0.3, -0.25) is 14.4 Å². The van der Waals surface area contributed by atoms with Crippen molar-refractivity contribution in [2.24, 2.45) is 0 Å². The number of nitrogens with zero attached hydrogens (tertiary/aromatic N) is 2. The van der Waals surface area contributed by atoms with Crippen LogP contribution >= 0.6 is 0 Å². The molecule has 0 aliphatic carbocycles. The van der Waals surface area contributed by atoms with Crippen LogP contribution in [0.3, 0.4) is 0 Å². The third kappa shape index (κ3) is 4.43. The van der Waals surface area contributed by atoms with Gasteiger partial charge in [0.15, 0.2) is 5.43 Å². The van der Waals surface area contributed by atoms with Crippen LogP contribution in [-0.4, -0.2) is 34.4 Å². The number of fused-ring (bicyclic) bond motifs is 2. The first-order chi connectivity index (χ1) is 14.6. The first-order valence-electron chi connectivity index (χ1n) is 10.3. The number of rotatable bonds is 6. The number of pyridine rings is 1. The highest BCUT2D eigenvalue weighted by molar-refractivity contribution is 5.82. The predicted molar refractivity (Wildman–Crippen MR) is 116 cm³/mol. The van der Waals surface area contributed by atoms with E-state index in [2.05, 4.69) is 17.4 Å². The molecule has 2 heterocycles. The summed E-state index contributed by atoms with van der Waals surface area (Å²) in [6.45, 7) is 2.01. The van der Waals surface area contributed by atoms with Crippen LogP contribution < -0.4 is 10.7 Å². The average molecular weight is 403 g/mol. The molecule has 1 aliphatic rings. The van der Waals surface area contributed by atoms with E-state index in [0.717, 1.165) is 18.5 Å². The molecule has 1 aliphatic heterocycles. The summed E-state index contributed by atoms with van der Waals surface area (Å²) in [5.74, 6) is -0.00620. The van der Waals surface area contributed by atoms with Gasteiger partial charge in [-0.05, 0) is 36.1 Å². The molecule has 30 heavy (non-hydrogen) atoms. The number of hydrogen-bond donors (Lipinski definition) is 1. The predicted octanol–water partition coefficient (Wildman–Crippen LogP) is 2.48. The molecule has 0 atom stereocenters. The van der Waals surface area contributed by atoms with E-state index in [4.69, 9.17) is 0 Å². The third-order valence-corrected chi connectivity index (χ3v) is 5.57. The quantitative estimate of drug-likeness (QED) is 0.643. The molecule has 0 saturated carbocycles. The molecule has 154 valence electrons. The number of benzene rings is 2. The highest BCUT2D eigenvalue weighted by Crippen LogP contribution is 2.19. The molecule has 1 N–H and O–H groups in total. The SMILES string of the molecule is O=C(Cn1ccc(=O)c2ccccc21)NCCCC(=O)N1CCc2ccccc2C1. The molecule has 1 aromatic heterocycles. The molecule has 2 aromatic carbocycles. The topological polar surface area (TPSA) is 71.4 Å². The van der Waals surface area contributed by atoms with Gasteiger partial charge in [-0.2, -0.15) is 0 Å². The minimum absolute atomic E-state index is 0.0545. The molecular weight excluding hydrogens is 378 g/mol. The molecular formula is C24H25N3O3. The van der Waals surface area contributed by atoms with Crippen LogP contribution in [0.2, 0.25) is 0 Å². The molecule has 4 rings (SSSR count). The molecule has 6 heteroatoms. The average Bonchev–Trinajstić information content (AvgIpc) is 2.78. The zero-order chi connectivity index (χ0) is 20.9. The monoisotopic (exact) mass is 403 g/mol. The summed E-state index contributed by atoms with van der Waals surface area (Å²) in [4.78, 5) is 38.7. The third-order valence-electron chi connectivity index (χ3n) is 5.57. The second-order valence-corrected chi connectivity index (χ2v) is 7.61. The van der Waals surface area contributed by atoms with Gasteiger partial charge in [-0.1, -0.05) is 36.4 Å². The first-order valence-corrected chi connectivity index (χ1v) is 10.3. The lowest BCUT2D eigenvalue weighted by molar-refractivity contribution is -0.132. The van der Waals surface area contributed by atoms with E-state index in [1.807, 2.05) is 35.2 Å². The van der Waals surface area contributed by atoms with Crippen molar-refractivity contribution in [1.82, 2.24) is 14.8 Å². The minimum Gasteiger partial charge on any atom is -0.355 e. The summed E-state index contributed by atoms with van der Waals surface area (Å²) in [5, 5.41) is 3.47. The Bertz CT molecular complexity index is 1140. The number of amides is 2. The Hall–Kier alpha value is -3.41. The zero-order valence-electron chi connectivity index (χ0n) is 16.8. The Morgan fingerprint density at radius 2 is 1.73 bits per heavy atom. The van der Waals surface area contributed by atoms with E-state index >= 15 is 0 Å². The highest BCUT2D eigenvalue weighted by Gasteiger charge is 2.19. The van der Waals surface area contributed by atoms with E-state index in [1.54, 1.807) is 16.8 Å². The zero-order valence-corrected chi connectivity index (χ0v) is 16.8. The van der Waals surface area contributed by atoms with Crippen LogP contribution in [0.25, 0.3) is 10.9 Å². The van der Waals surface area contributed by atoms with Gasteiger partial charge in [0.2, 0.25) is 11.8 Å². The summed E-state index contributed by atoms with van der Waals surface area (Å²) in [7, 11) is 0. The van der Waals surface area contributed by atoms with Crippen molar-refractivity contribution in [2.45, 2.75) is 32.4 Å². The maximum Gasteiger partial charge on any atom is 0.239 e. The second kappa shape index (κ2) is 8.95. The standard InChI is InChI=1S/C24H25N3O3/c28-22-12-15-26(21-9-4-3-8-20(21)22)17-23(29)25-13-5-10-24(30)27-14-11-18-6-1-2-7-19(18)16-27/h1-4,6-9,12,15H,5,10-11,13-14,16-17H2,(H,25,29). The van der Waals surface area contributed by atoms with Crippen molar-refractivity contribution < 1.29 is 9.59 Å². The van der Waals surface area contributed by atoms with Gasteiger partial charge in [-0.15, -0.1) is 0 Å². The Balaban J connectivity index is 1.24.